The molecule has 0 aliphatic rings. The minimum atomic E-state index is 0.543. The second-order valence-electron chi connectivity index (χ2n) is 3.61. The molecule has 88 valence electrons. The van der Waals surface area contributed by atoms with Gasteiger partial charge in [0.2, 0.25) is 0 Å². The van der Waals surface area contributed by atoms with Crippen molar-refractivity contribution in [2.75, 3.05) is 18.0 Å². The van der Waals surface area contributed by atoms with Crippen LogP contribution in [0.25, 0.3) is 0 Å². The number of halogens is 1. The van der Waals surface area contributed by atoms with E-state index >= 15 is 0 Å². The zero-order chi connectivity index (χ0) is 12.1. The van der Waals surface area contributed by atoms with E-state index in [9.17, 15) is 0 Å². The van der Waals surface area contributed by atoms with Crippen LogP contribution in [-0.2, 0) is 0 Å². The SMILES string of the molecule is CCN(CCC(N)=S)c1ncc(C)cc1Br. The predicted octanol–water partition coefficient (Wildman–Crippen LogP) is 2.66. The van der Waals surface area contributed by atoms with E-state index in [2.05, 4.69) is 38.8 Å². The zero-order valence-electron chi connectivity index (χ0n) is 9.53. The molecule has 0 unspecified atom stereocenters. The van der Waals surface area contributed by atoms with Gasteiger partial charge in [-0.05, 0) is 41.4 Å². The zero-order valence-corrected chi connectivity index (χ0v) is 11.9. The van der Waals surface area contributed by atoms with Gasteiger partial charge in [-0.2, -0.15) is 0 Å². The lowest BCUT2D eigenvalue weighted by Gasteiger charge is -2.22. The highest BCUT2D eigenvalue weighted by atomic mass is 79.9. The first-order valence-electron chi connectivity index (χ1n) is 5.20. The second kappa shape index (κ2) is 6.15. The summed E-state index contributed by atoms with van der Waals surface area (Å²) >= 11 is 8.41. The molecule has 5 heteroatoms. The van der Waals surface area contributed by atoms with E-state index in [0.717, 1.165) is 28.9 Å². The maximum Gasteiger partial charge on any atom is 0.142 e. The molecule has 1 rings (SSSR count). The Balaban J connectivity index is 2.82. The molecule has 0 aliphatic heterocycles. The van der Waals surface area contributed by atoms with Gasteiger partial charge < -0.3 is 10.6 Å². The summed E-state index contributed by atoms with van der Waals surface area (Å²) in [6.45, 7) is 5.80. The quantitative estimate of drug-likeness (QED) is 0.849. The van der Waals surface area contributed by atoms with Crippen molar-refractivity contribution in [1.29, 1.82) is 0 Å². The highest BCUT2D eigenvalue weighted by Crippen LogP contribution is 2.24. The van der Waals surface area contributed by atoms with Crippen molar-refractivity contribution in [3.63, 3.8) is 0 Å². The number of aromatic nitrogens is 1. The van der Waals surface area contributed by atoms with Crippen LogP contribution in [0.3, 0.4) is 0 Å². The van der Waals surface area contributed by atoms with Crippen LogP contribution in [0.4, 0.5) is 5.82 Å². The molecule has 16 heavy (non-hydrogen) atoms. The molecule has 0 saturated carbocycles. The average Bonchev–Trinajstić information content (AvgIpc) is 2.21. The molecule has 1 heterocycles. The van der Waals surface area contributed by atoms with Crippen LogP contribution in [0.2, 0.25) is 0 Å². The molecule has 1 aromatic rings. The molecule has 2 N–H and O–H groups in total. The van der Waals surface area contributed by atoms with Gasteiger partial charge in [0.25, 0.3) is 0 Å². The first kappa shape index (κ1) is 13.4. The minimum Gasteiger partial charge on any atom is -0.393 e. The van der Waals surface area contributed by atoms with E-state index in [-0.39, 0.29) is 0 Å². The Morgan fingerprint density at radius 3 is 2.81 bits per heavy atom. The molecule has 0 atom stereocenters. The highest BCUT2D eigenvalue weighted by Gasteiger charge is 2.10. The van der Waals surface area contributed by atoms with Crippen molar-refractivity contribution < 1.29 is 0 Å². The van der Waals surface area contributed by atoms with Gasteiger partial charge in [0.15, 0.2) is 0 Å². The summed E-state index contributed by atoms with van der Waals surface area (Å²) in [5.74, 6) is 0.948. The Labute approximate surface area is 110 Å². The topological polar surface area (TPSA) is 42.1 Å². The van der Waals surface area contributed by atoms with E-state index in [1.54, 1.807) is 0 Å². The number of nitrogens with two attached hydrogens (primary N) is 1. The van der Waals surface area contributed by atoms with Crippen LogP contribution in [0, 0.1) is 6.92 Å². The van der Waals surface area contributed by atoms with E-state index in [1.807, 2.05) is 13.1 Å². The van der Waals surface area contributed by atoms with Gasteiger partial charge in [0.1, 0.15) is 5.82 Å². The van der Waals surface area contributed by atoms with Gasteiger partial charge in [-0.25, -0.2) is 4.98 Å². The first-order valence-corrected chi connectivity index (χ1v) is 6.40. The van der Waals surface area contributed by atoms with Gasteiger partial charge in [-0.1, -0.05) is 12.2 Å². The third-order valence-electron chi connectivity index (χ3n) is 2.27. The third kappa shape index (κ3) is 3.72. The number of rotatable bonds is 5. The Bertz CT molecular complexity index is 381. The summed E-state index contributed by atoms with van der Waals surface area (Å²) in [6, 6.07) is 2.06. The molecule has 3 nitrogen and oxygen atoms in total. The van der Waals surface area contributed by atoms with Gasteiger partial charge in [-0.3, -0.25) is 0 Å². The highest BCUT2D eigenvalue weighted by molar-refractivity contribution is 9.10. The fourth-order valence-electron chi connectivity index (χ4n) is 1.42. The molecule has 0 fully saturated rings. The lowest BCUT2D eigenvalue weighted by atomic mass is 10.3. The summed E-state index contributed by atoms with van der Waals surface area (Å²) < 4.78 is 1.01. The standard InChI is InChI=1S/C11H16BrN3S/c1-3-15(5-4-10(13)16)11-9(12)6-8(2)7-14-11/h6-7H,3-5H2,1-2H3,(H2,13,16). The van der Waals surface area contributed by atoms with Gasteiger partial charge in [-0.15, -0.1) is 0 Å². The summed E-state index contributed by atoms with van der Waals surface area (Å²) in [7, 11) is 0. The van der Waals surface area contributed by atoms with E-state index in [1.165, 1.54) is 0 Å². The van der Waals surface area contributed by atoms with Crippen LogP contribution in [-0.4, -0.2) is 23.1 Å². The van der Waals surface area contributed by atoms with Crippen molar-refractivity contribution in [3.05, 3.63) is 22.3 Å². The van der Waals surface area contributed by atoms with Crippen molar-refractivity contribution >= 4 is 39.0 Å². The van der Waals surface area contributed by atoms with Crippen molar-refractivity contribution in [1.82, 2.24) is 4.98 Å². The summed E-state index contributed by atoms with van der Waals surface area (Å²) in [5, 5.41) is 0. The molecule has 0 radical (unpaired) electrons. The van der Waals surface area contributed by atoms with E-state index in [4.69, 9.17) is 18.0 Å². The van der Waals surface area contributed by atoms with Crippen LogP contribution in [0.5, 0.6) is 0 Å². The molecule has 0 aromatic carbocycles. The monoisotopic (exact) mass is 301 g/mol. The third-order valence-corrected chi connectivity index (χ3v) is 3.06. The largest absolute Gasteiger partial charge is 0.393 e. The lowest BCUT2D eigenvalue weighted by molar-refractivity contribution is 0.816. The van der Waals surface area contributed by atoms with Crippen LogP contribution < -0.4 is 10.6 Å². The van der Waals surface area contributed by atoms with Gasteiger partial charge in [0, 0.05) is 25.7 Å². The summed E-state index contributed by atoms with van der Waals surface area (Å²) in [4.78, 5) is 7.12. The number of pyridine rings is 1. The number of aryl methyl sites for hydroxylation is 1. The maximum atomic E-state index is 5.51. The molecule has 1 aromatic heterocycles. The minimum absolute atomic E-state index is 0.543. The summed E-state index contributed by atoms with van der Waals surface area (Å²) in [6.07, 6.45) is 2.58. The average molecular weight is 302 g/mol. The number of hydrogen-bond acceptors (Lipinski definition) is 3. The van der Waals surface area contributed by atoms with Gasteiger partial charge in [0.05, 0.1) is 9.46 Å². The second-order valence-corrected chi connectivity index (χ2v) is 4.99. The van der Waals surface area contributed by atoms with Crippen LogP contribution in [0.1, 0.15) is 18.9 Å². The fourth-order valence-corrected chi connectivity index (χ4v) is 2.22. The van der Waals surface area contributed by atoms with Crippen molar-refractivity contribution in [2.24, 2.45) is 5.73 Å². The van der Waals surface area contributed by atoms with E-state index < -0.39 is 0 Å². The maximum absolute atomic E-state index is 5.51. The smallest absolute Gasteiger partial charge is 0.142 e. The number of thiocarbonyl (C=S) groups is 1. The van der Waals surface area contributed by atoms with Crippen LogP contribution >= 0.6 is 28.1 Å². The van der Waals surface area contributed by atoms with Gasteiger partial charge >= 0.3 is 0 Å². The Morgan fingerprint density at radius 1 is 1.62 bits per heavy atom. The van der Waals surface area contributed by atoms with Crippen molar-refractivity contribution in [3.8, 4) is 0 Å². The fraction of sp³-hybridized carbons (Fsp3) is 0.455. The molecule has 0 amide bonds. The Kier molecular flexibility index (Phi) is 5.15. The number of anilines is 1. The summed E-state index contributed by atoms with van der Waals surface area (Å²) in [5.41, 5.74) is 6.65. The normalized spacial score (nSPS) is 10.2. The first-order chi connectivity index (χ1) is 7.54. The lowest BCUT2D eigenvalue weighted by Crippen LogP contribution is -2.28. The Hall–Kier alpha value is -0.680. The molecular weight excluding hydrogens is 286 g/mol. The molecule has 0 saturated heterocycles. The molecular formula is C11H16BrN3S. The molecule has 0 spiro atoms. The predicted molar refractivity (Wildman–Crippen MR) is 76.0 cm³/mol. The number of hydrogen-bond donors (Lipinski definition) is 1. The molecule has 0 bridgehead atoms. The van der Waals surface area contributed by atoms with Crippen molar-refractivity contribution in [2.45, 2.75) is 20.3 Å². The Morgan fingerprint density at radius 2 is 2.31 bits per heavy atom. The van der Waals surface area contributed by atoms with E-state index in [0.29, 0.717) is 11.4 Å². The number of nitrogens with zero attached hydrogens (tertiary/aromatic N) is 2. The molecule has 0 aliphatic carbocycles. The van der Waals surface area contributed by atoms with Crippen LogP contribution in [0.15, 0.2) is 16.7 Å².